The predicted octanol–water partition coefficient (Wildman–Crippen LogP) is 14.8. The fraction of sp³-hybridized carbons (Fsp3) is 0.172. The number of hydrogen-bond acceptors (Lipinski definition) is 2. The van der Waals surface area contributed by atoms with Gasteiger partial charge in [-0.05, 0) is 140 Å². The van der Waals surface area contributed by atoms with E-state index in [0.29, 0.717) is 11.8 Å². The number of rotatable bonds is 5. The van der Waals surface area contributed by atoms with Gasteiger partial charge in [0.15, 0.2) is 5.82 Å². The van der Waals surface area contributed by atoms with Crippen molar-refractivity contribution >= 4 is 21.5 Å². The summed E-state index contributed by atoms with van der Waals surface area (Å²) in [5.41, 5.74) is 16.1. The van der Waals surface area contributed by atoms with Crippen LogP contribution in [0, 0.1) is 23.7 Å². The van der Waals surface area contributed by atoms with E-state index in [1.54, 1.807) is 11.1 Å². The van der Waals surface area contributed by atoms with E-state index < -0.39 is 0 Å². The summed E-state index contributed by atoms with van der Waals surface area (Å²) in [6.45, 7) is 0. The molecular formula is C58H44N2. The highest BCUT2D eigenvalue weighted by atomic mass is 14.9. The molecule has 0 aliphatic heterocycles. The first kappa shape index (κ1) is 34.2. The Hall–Kier alpha value is -6.64. The summed E-state index contributed by atoms with van der Waals surface area (Å²) in [7, 11) is 0. The maximum Gasteiger partial charge on any atom is 0.160 e. The van der Waals surface area contributed by atoms with E-state index in [1.807, 2.05) is 0 Å². The lowest BCUT2D eigenvalue weighted by Gasteiger charge is -2.61. The predicted molar refractivity (Wildman–Crippen MR) is 247 cm³/mol. The molecule has 8 aromatic carbocycles. The molecule has 286 valence electrons. The van der Waals surface area contributed by atoms with Gasteiger partial charge >= 0.3 is 0 Å². The highest BCUT2D eigenvalue weighted by molar-refractivity contribution is 6.09. The molecule has 0 amide bonds. The smallest absolute Gasteiger partial charge is 0.160 e. The van der Waals surface area contributed by atoms with Gasteiger partial charge in [0.25, 0.3) is 0 Å². The van der Waals surface area contributed by atoms with Gasteiger partial charge in [0.2, 0.25) is 0 Å². The zero-order valence-electron chi connectivity index (χ0n) is 33.6. The van der Waals surface area contributed by atoms with Crippen molar-refractivity contribution in [1.82, 2.24) is 9.97 Å². The van der Waals surface area contributed by atoms with Crippen LogP contribution < -0.4 is 0 Å². The molecule has 0 saturated heterocycles. The highest BCUT2D eigenvalue weighted by Gasteiger charge is 2.61. The third-order valence-electron chi connectivity index (χ3n) is 15.1. The van der Waals surface area contributed by atoms with Gasteiger partial charge in [-0.25, -0.2) is 9.97 Å². The lowest BCUT2D eigenvalue weighted by atomic mass is 9.43. The number of benzene rings is 8. The molecule has 4 fully saturated rings. The van der Waals surface area contributed by atoms with E-state index in [9.17, 15) is 0 Å². The summed E-state index contributed by atoms with van der Waals surface area (Å²) >= 11 is 0. The summed E-state index contributed by atoms with van der Waals surface area (Å²) in [4.78, 5) is 10.7. The average Bonchev–Trinajstić information content (AvgIpc) is 3.59. The van der Waals surface area contributed by atoms with Crippen LogP contribution in [0.5, 0.6) is 0 Å². The van der Waals surface area contributed by atoms with Gasteiger partial charge in [-0.1, -0.05) is 164 Å². The van der Waals surface area contributed by atoms with Gasteiger partial charge in [0, 0.05) is 22.1 Å². The molecule has 2 nitrogen and oxygen atoms in total. The Morgan fingerprint density at radius 2 is 0.967 bits per heavy atom. The van der Waals surface area contributed by atoms with Crippen molar-refractivity contribution < 1.29 is 0 Å². The summed E-state index contributed by atoms with van der Waals surface area (Å²) in [5.74, 6) is 3.88. The van der Waals surface area contributed by atoms with Crippen LogP contribution in [0.1, 0.15) is 43.2 Å². The minimum absolute atomic E-state index is 0.0529. The Kier molecular flexibility index (Phi) is 7.52. The molecule has 5 aliphatic carbocycles. The SMILES string of the molecule is c1ccc(-c2ccc(-c3cc(-c4ccc5ccccc5c4-c4cccc5c4-c4cc6ccccc6cc4C54C5CC6CC(C5)CC4C6)nc(-c4ccccc4)n3)cc2)cc1. The molecule has 4 bridgehead atoms. The van der Waals surface area contributed by atoms with E-state index >= 15 is 0 Å². The molecular weight excluding hydrogens is 725 g/mol. The van der Waals surface area contributed by atoms with E-state index in [4.69, 9.17) is 9.97 Å². The number of hydrogen-bond donors (Lipinski definition) is 0. The topological polar surface area (TPSA) is 25.8 Å². The van der Waals surface area contributed by atoms with E-state index in [0.717, 1.165) is 45.7 Å². The molecule has 2 heteroatoms. The number of fused-ring (bicyclic) bond motifs is 5. The van der Waals surface area contributed by atoms with Gasteiger partial charge in [0.05, 0.1) is 11.4 Å². The van der Waals surface area contributed by atoms with E-state index in [2.05, 4.69) is 182 Å². The second kappa shape index (κ2) is 13.2. The van der Waals surface area contributed by atoms with Gasteiger partial charge in [-0.2, -0.15) is 0 Å². The maximum atomic E-state index is 5.47. The van der Waals surface area contributed by atoms with Crippen molar-refractivity contribution in [3.05, 3.63) is 193 Å². The van der Waals surface area contributed by atoms with Crippen LogP contribution in [0.25, 0.3) is 88.8 Å². The van der Waals surface area contributed by atoms with Crippen molar-refractivity contribution in [2.75, 3.05) is 0 Å². The molecule has 5 aliphatic rings. The Morgan fingerprint density at radius 1 is 0.367 bits per heavy atom. The highest BCUT2D eigenvalue weighted by Crippen LogP contribution is 2.70. The summed E-state index contributed by atoms with van der Waals surface area (Å²) in [6.07, 6.45) is 6.89. The number of nitrogens with zero attached hydrogens (tertiary/aromatic N) is 2. The largest absolute Gasteiger partial charge is 0.228 e. The van der Waals surface area contributed by atoms with Crippen molar-refractivity contribution in [1.29, 1.82) is 0 Å². The van der Waals surface area contributed by atoms with E-state index in [1.165, 1.54) is 87.0 Å². The van der Waals surface area contributed by atoms with Crippen molar-refractivity contribution in [2.24, 2.45) is 23.7 Å². The Bertz CT molecular complexity index is 3120. The minimum atomic E-state index is 0.0529. The maximum absolute atomic E-state index is 5.47. The normalized spacial score (nSPS) is 22.1. The monoisotopic (exact) mass is 768 g/mol. The quantitative estimate of drug-likeness (QED) is 0.174. The Labute approximate surface area is 351 Å². The zero-order valence-corrected chi connectivity index (χ0v) is 33.6. The molecule has 60 heavy (non-hydrogen) atoms. The molecule has 14 rings (SSSR count). The lowest BCUT2D eigenvalue weighted by Crippen LogP contribution is -2.55. The second-order valence-electron chi connectivity index (χ2n) is 18.1. The average molecular weight is 769 g/mol. The van der Waals surface area contributed by atoms with Crippen LogP contribution in [-0.4, -0.2) is 9.97 Å². The minimum Gasteiger partial charge on any atom is -0.228 e. The van der Waals surface area contributed by atoms with Gasteiger partial charge in [-0.3, -0.25) is 0 Å². The number of aromatic nitrogens is 2. The molecule has 1 spiro atoms. The van der Waals surface area contributed by atoms with Crippen molar-refractivity contribution in [2.45, 2.75) is 37.5 Å². The third-order valence-corrected chi connectivity index (χ3v) is 15.1. The molecule has 1 heterocycles. The van der Waals surface area contributed by atoms with Crippen LogP contribution in [0.15, 0.2) is 182 Å². The van der Waals surface area contributed by atoms with Crippen LogP contribution in [0.2, 0.25) is 0 Å². The third kappa shape index (κ3) is 5.07. The first-order chi connectivity index (χ1) is 29.7. The summed E-state index contributed by atoms with van der Waals surface area (Å²) in [6, 6.07) is 67.2. The first-order valence-corrected chi connectivity index (χ1v) is 22.0. The van der Waals surface area contributed by atoms with E-state index in [-0.39, 0.29) is 5.41 Å². The summed E-state index contributed by atoms with van der Waals surface area (Å²) in [5, 5.41) is 5.18. The van der Waals surface area contributed by atoms with Crippen molar-refractivity contribution in [3.8, 4) is 67.3 Å². The van der Waals surface area contributed by atoms with Crippen molar-refractivity contribution in [3.63, 3.8) is 0 Å². The van der Waals surface area contributed by atoms with Gasteiger partial charge in [0.1, 0.15) is 0 Å². The van der Waals surface area contributed by atoms with Crippen LogP contribution >= 0.6 is 0 Å². The Morgan fingerprint density at radius 3 is 1.70 bits per heavy atom. The molecule has 0 N–H and O–H groups in total. The molecule has 0 unspecified atom stereocenters. The Balaban J connectivity index is 1.07. The molecule has 0 atom stereocenters. The molecule has 0 radical (unpaired) electrons. The van der Waals surface area contributed by atoms with Crippen LogP contribution in [0.4, 0.5) is 0 Å². The molecule has 1 aromatic heterocycles. The molecule has 9 aromatic rings. The fourth-order valence-corrected chi connectivity index (χ4v) is 12.8. The van der Waals surface area contributed by atoms with Gasteiger partial charge in [-0.15, -0.1) is 0 Å². The second-order valence-corrected chi connectivity index (χ2v) is 18.1. The zero-order chi connectivity index (χ0) is 39.4. The fourth-order valence-electron chi connectivity index (χ4n) is 12.8. The van der Waals surface area contributed by atoms with Gasteiger partial charge < -0.3 is 0 Å². The summed E-state index contributed by atoms with van der Waals surface area (Å²) < 4.78 is 0. The lowest BCUT2D eigenvalue weighted by molar-refractivity contribution is -0.0398. The first-order valence-electron chi connectivity index (χ1n) is 22.0. The standard InChI is InChI=1S/C58H44N2/c1-3-12-38(13-4-1)39-22-24-41(25-23-39)53-35-54(60-57(59-53)42-15-5-2-6-16-42)48-27-26-40-14-9-10-19-47(40)55(48)49-20-11-21-51-56(49)50-33-43-17-7-8-18-44(43)34-52(50)58(51)45-29-36-28-37(31-45)32-46(58)30-36/h1-27,33-37,45-46H,28-32H2. The van der Waals surface area contributed by atoms with Crippen LogP contribution in [0.3, 0.4) is 0 Å². The molecule has 4 saturated carbocycles. The van der Waals surface area contributed by atoms with Crippen LogP contribution in [-0.2, 0) is 5.41 Å².